The molecule has 0 bridgehead atoms. The molecule has 140 valence electrons. The van der Waals surface area contributed by atoms with Crippen molar-refractivity contribution >= 4 is 33.4 Å². The standard InChI is InChI=1S/C19H21N5O2S/c1-10-6-15-17(27-10)16(18(20)26)23-19(22-15)24(13-7-14(25)8-13)11(2)12-4-3-5-21-9-12/h3-6,9,11,13-14,25H,7-8H2,1-2H3,(H2,20,26)/t11-,13?,14?/m0/s1. The first-order chi connectivity index (χ1) is 12.9. The van der Waals surface area contributed by atoms with E-state index in [1.54, 1.807) is 6.20 Å². The monoisotopic (exact) mass is 383 g/mol. The van der Waals surface area contributed by atoms with Gasteiger partial charge in [0.05, 0.1) is 22.4 Å². The van der Waals surface area contributed by atoms with Crippen LogP contribution in [0.3, 0.4) is 0 Å². The van der Waals surface area contributed by atoms with Gasteiger partial charge < -0.3 is 15.7 Å². The lowest BCUT2D eigenvalue weighted by Crippen LogP contribution is -2.49. The maximum atomic E-state index is 12.0. The number of pyridine rings is 1. The van der Waals surface area contributed by atoms with E-state index in [9.17, 15) is 9.90 Å². The number of thiophene rings is 1. The summed E-state index contributed by atoms with van der Waals surface area (Å²) in [6, 6.07) is 5.87. The summed E-state index contributed by atoms with van der Waals surface area (Å²) in [6.07, 6.45) is 4.51. The van der Waals surface area contributed by atoms with E-state index < -0.39 is 5.91 Å². The molecule has 3 aromatic rings. The predicted octanol–water partition coefficient (Wildman–Crippen LogP) is 2.58. The van der Waals surface area contributed by atoms with Crippen LogP contribution >= 0.6 is 11.3 Å². The number of nitrogens with zero attached hydrogens (tertiary/aromatic N) is 4. The van der Waals surface area contributed by atoms with Crippen LogP contribution in [0.1, 0.15) is 46.7 Å². The fourth-order valence-corrected chi connectivity index (χ4v) is 4.49. The second kappa shape index (κ2) is 6.86. The van der Waals surface area contributed by atoms with Crippen molar-refractivity contribution in [2.24, 2.45) is 5.73 Å². The van der Waals surface area contributed by atoms with E-state index in [2.05, 4.69) is 21.8 Å². The van der Waals surface area contributed by atoms with Gasteiger partial charge in [-0.25, -0.2) is 9.97 Å². The first-order valence-corrected chi connectivity index (χ1v) is 9.70. The lowest BCUT2D eigenvalue weighted by molar-refractivity contribution is 0.0700. The Hall–Kier alpha value is -2.58. The number of nitrogens with two attached hydrogens (primary N) is 1. The van der Waals surface area contributed by atoms with Crippen molar-refractivity contribution in [1.29, 1.82) is 0 Å². The molecule has 1 saturated carbocycles. The molecule has 4 rings (SSSR count). The maximum Gasteiger partial charge on any atom is 0.269 e. The van der Waals surface area contributed by atoms with Crippen molar-refractivity contribution in [3.05, 3.63) is 46.7 Å². The van der Waals surface area contributed by atoms with Crippen LogP contribution in [0, 0.1) is 6.92 Å². The molecule has 3 heterocycles. The molecule has 27 heavy (non-hydrogen) atoms. The van der Waals surface area contributed by atoms with Crippen LogP contribution in [0.2, 0.25) is 0 Å². The lowest BCUT2D eigenvalue weighted by atomic mass is 9.87. The minimum Gasteiger partial charge on any atom is -0.393 e. The highest BCUT2D eigenvalue weighted by atomic mass is 32.1. The zero-order chi connectivity index (χ0) is 19.1. The molecule has 0 unspecified atom stereocenters. The third-order valence-electron chi connectivity index (χ3n) is 5.01. The molecule has 0 aliphatic heterocycles. The molecule has 1 atom stereocenters. The van der Waals surface area contributed by atoms with Gasteiger partial charge >= 0.3 is 0 Å². The Balaban J connectivity index is 1.83. The highest BCUT2D eigenvalue weighted by molar-refractivity contribution is 7.19. The van der Waals surface area contributed by atoms with Crippen molar-refractivity contribution < 1.29 is 9.90 Å². The van der Waals surface area contributed by atoms with Crippen molar-refractivity contribution in [2.45, 2.75) is 44.9 Å². The maximum absolute atomic E-state index is 12.0. The van der Waals surface area contributed by atoms with E-state index in [0.717, 1.165) is 16.0 Å². The van der Waals surface area contributed by atoms with E-state index in [1.165, 1.54) is 11.3 Å². The summed E-state index contributed by atoms with van der Waals surface area (Å²) in [4.78, 5) is 28.6. The topological polar surface area (TPSA) is 105 Å². The molecule has 1 amide bonds. The van der Waals surface area contributed by atoms with Crippen LogP contribution < -0.4 is 10.6 Å². The Bertz CT molecular complexity index is 984. The quantitative estimate of drug-likeness (QED) is 0.702. The van der Waals surface area contributed by atoms with E-state index in [0.29, 0.717) is 23.5 Å². The highest BCUT2D eigenvalue weighted by Crippen LogP contribution is 2.37. The van der Waals surface area contributed by atoms with Crippen LogP contribution in [0.25, 0.3) is 10.2 Å². The van der Waals surface area contributed by atoms with Crippen LogP contribution in [0.15, 0.2) is 30.6 Å². The predicted molar refractivity (Wildman–Crippen MR) is 105 cm³/mol. The van der Waals surface area contributed by atoms with Gasteiger partial charge in [0.1, 0.15) is 0 Å². The fourth-order valence-electron chi connectivity index (χ4n) is 3.54. The molecule has 7 nitrogen and oxygen atoms in total. The number of amides is 1. The summed E-state index contributed by atoms with van der Waals surface area (Å²) in [5.74, 6) is -0.101. The summed E-state index contributed by atoms with van der Waals surface area (Å²) in [7, 11) is 0. The molecule has 0 spiro atoms. The first kappa shape index (κ1) is 17.8. The van der Waals surface area contributed by atoms with E-state index >= 15 is 0 Å². The number of hydrogen-bond donors (Lipinski definition) is 2. The SMILES string of the molecule is Cc1cc2nc(N(C3CC(O)C3)[C@@H](C)c3cccnc3)nc(C(N)=O)c2s1. The Morgan fingerprint density at radius 1 is 1.41 bits per heavy atom. The Labute approximate surface area is 160 Å². The highest BCUT2D eigenvalue weighted by Gasteiger charge is 2.37. The van der Waals surface area contributed by atoms with Crippen molar-refractivity contribution in [1.82, 2.24) is 15.0 Å². The van der Waals surface area contributed by atoms with E-state index in [1.807, 2.05) is 31.3 Å². The molecule has 8 heteroatoms. The van der Waals surface area contributed by atoms with Crippen molar-refractivity contribution in [3.8, 4) is 0 Å². The number of rotatable bonds is 5. The molecule has 1 aliphatic carbocycles. The van der Waals surface area contributed by atoms with Gasteiger partial charge in [-0.3, -0.25) is 9.78 Å². The van der Waals surface area contributed by atoms with Gasteiger partial charge in [-0.2, -0.15) is 0 Å². The third-order valence-corrected chi connectivity index (χ3v) is 6.06. The van der Waals surface area contributed by atoms with E-state index in [4.69, 9.17) is 10.7 Å². The number of carbonyl (C=O) groups is 1. The summed E-state index contributed by atoms with van der Waals surface area (Å²) < 4.78 is 0.714. The lowest BCUT2D eigenvalue weighted by Gasteiger charge is -2.44. The number of aliphatic hydroxyl groups is 1. The number of hydrogen-bond acceptors (Lipinski definition) is 7. The van der Waals surface area contributed by atoms with Gasteiger partial charge in [-0.05, 0) is 44.4 Å². The van der Waals surface area contributed by atoms with Gasteiger partial charge in [0, 0.05) is 23.3 Å². The number of anilines is 1. The van der Waals surface area contributed by atoms with Gasteiger partial charge in [-0.15, -0.1) is 11.3 Å². The van der Waals surface area contributed by atoms with Crippen molar-refractivity contribution in [2.75, 3.05) is 4.90 Å². The normalized spacial score (nSPS) is 20.3. The average Bonchev–Trinajstić information content (AvgIpc) is 3.00. The van der Waals surface area contributed by atoms with Crippen LogP contribution in [-0.4, -0.2) is 38.1 Å². The van der Waals surface area contributed by atoms with Gasteiger partial charge in [-0.1, -0.05) is 6.07 Å². The molecule has 0 aromatic carbocycles. The van der Waals surface area contributed by atoms with E-state index in [-0.39, 0.29) is 23.9 Å². The Morgan fingerprint density at radius 2 is 2.19 bits per heavy atom. The second-order valence-electron chi connectivity index (χ2n) is 6.96. The molecule has 0 radical (unpaired) electrons. The number of primary amides is 1. The van der Waals surface area contributed by atoms with Gasteiger partial charge in [0.2, 0.25) is 5.95 Å². The smallest absolute Gasteiger partial charge is 0.269 e. The molecular formula is C19H21N5O2S. The molecule has 1 aliphatic rings. The summed E-state index contributed by atoms with van der Waals surface area (Å²) in [5, 5.41) is 9.83. The summed E-state index contributed by atoms with van der Waals surface area (Å²) in [5.41, 5.74) is 7.59. The molecule has 0 saturated heterocycles. The number of carbonyl (C=O) groups excluding carboxylic acids is 1. The molecular weight excluding hydrogens is 362 g/mol. The van der Waals surface area contributed by atoms with Crippen molar-refractivity contribution in [3.63, 3.8) is 0 Å². The summed E-state index contributed by atoms with van der Waals surface area (Å²) in [6.45, 7) is 4.02. The number of aromatic nitrogens is 3. The first-order valence-electron chi connectivity index (χ1n) is 8.88. The Morgan fingerprint density at radius 3 is 2.81 bits per heavy atom. The van der Waals surface area contributed by atoms with Crippen LogP contribution in [0.5, 0.6) is 0 Å². The average molecular weight is 383 g/mol. The minimum absolute atomic E-state index is 0.0610. The summed E-state index contributed by atoms with van der Waals surface area (Å²) >= 11 is 1.47. The van der Waals surface area contributed by atoms with Gasteiger partial charge in [0.25, 0.3) is 5.91 Å². The zero-order valence-corrected chi connectivity index (χ0v) is 16.0. The van der Waals surface area contributed by atoms with Gasteiger partial charge in [0.15, 0.2) is 5.69 Å². The third kappa shape index (κ3) is 3.26. The minimum atomic E-state index is -0.562. The fraction of sp³-hybridized carbons (Fsp3) is 0.368. The number of fused-ring (bicyclic) bond motifs is 1. The number of aryl methyl sites for hydroxylation is 1. The largest absolute Gasteiger partial charge is 0.393 e. The zero-order valence-electron chi connectivity index (χ0n) is 15.2. The molecule has 1 fully saturated rings. The number of aliphatic hydroxyl groups excluding tert-OH is 1. The second-order valence-corrected chi connectivity index (χ2v) is 8.21. The Kier molecular flexibility index (Phi) is 4.53. The molecule has 3 N–H and O–H groups in total. The van der Waals surface area contributed by atoms with Crippen LogP contribution in [-0.2, 0) is 0 Å². The molecule has 3 aromatic heterocycles. The van der Waals surface area contributed by atoms with Crippen LogP contribution in [0.4, 0.5) is 5.95 Å².